The molecule has 0 bridgehead atoms. The number of aliphatic hydroxyl groups excluding tert-OH is 3. The van der Waals surface area contributed by atoms with Crippen LogP contribution in [0.15, 0.2) is 30.6 Å². The predicted octanol–water partition coefficient (Wildman–Crippen LogP) is 0.285. The van der Waals surface area contributed by atoms with Crippen LogP contribution in [0.5, 0.6) is 11.6 Å². The summed E-state index contributed by atoms with van der Waals surface area (Å²) in [5.74, 6) is 0.812. The van der Waals surface area contributed by atoms with Crippen molar-refractivity contribution in [3.8, 4) is 11.6 Å². The fourth-order valence-electron chi connectivity index (χ4n) is 2.85. The van der Waals surface area contributed by atoms with Gasteiger partial charge in [0.05, 0.1) is 6.33 Å². The van der Waals surface area contributed by atoms with Crippen LogP contribution in [0.1, 0.15) is 11.8 Å². The Balaban J connectivity index is 1.62. The molecule has 3 aromatic rings. The minimum Gasteiger partial charge on any atom is -0.471 e. The molecular formula is C16H16IN5O6. The largest absolute Gasteiger partial charge is 0.471 e. The zero-order chi connectivity index (χ0) is 19.8. The molecule has 0 saturated carbocycles. The molecule has 0 amide bonds. The molecule has 4 rings (SSSR count). The van der Waals surface area contributed by atoms with E-state index < -0.39 is 24.7 Å². The maximum atomic E-state index is 10.1. The average molecular weight is 501 g/mol. The third-order valence-electron chi connectivity index (χ3n) is 4.28. The van der Waals surface area contributed by atoms with Crippen LogP contribution in [0.4, 0.5) is 5.95 Å². The number of rotatable bonds is 5. The van der Waals surface area contributed by atoms with E-state index in [1.807, 2.05) is 12.1 Å². The molecule has 1 unspecified atom stereocenters. The third kappa shape index (κ3) is 3.44. The summed E-state index contributed by atoms with van der Waals surface area (Å²) in [6.07, 6.45) is -4.09. The zero-order valence-corrected chi connectivity index (χ0v) is 16.4. The quantitative estimate of drug-likeness (QED) is 0.358. The van der Waals surface area contributed by atoms with E-state index in [0.717, 1.165) is 11.3 Å². The minimum atomic E-state index is -1.53. The first-order valence-corrected chi connectivity index (χ1v) is 9.06. The van der Waals surface area contributed by atoms with E-state index in [2.05, 4.69) is 15.0 Å². The Hall–Kier alpha value is -2.26. The number of hydrogen-bond acceptors (Lipinski definition) is 10. The van der Waals surface area contributed by atoms with E-state index in [1.165, 1.54) is 10.9 Å². The van der Waals surface area contributed by atoms with Crippen molar-refractivity contribution in [3.63, 3.8) is 0 Å². The van der Waals surface area contributed by atoms with Crippen molar-refractivity contribution in [2.45, 2.75) is 31.3 Å². The van der Waals surface area contributed by atoms with Crippen LogP contribution in [-0.2, 0) is 11.3 Å². The Kier molecular flexibility index (Phi) is 5.20. The smallest absolute Gasteiger partial charge is 0.247 e. The van der Waals surface area contributed by atoms with Crippen LogP contribution >= 0.6 is 23.0 Å². The molecular weight excluding hydrogens is 485 g/mol. The Bertz CT molecular complexity index is 984. The van der Waals surface area contributed by atoms with Gasteiger partial charge in [0.15, 0.2) is 46.7 Å². The number of nitrogen functional groups attached to an aromatic ring is 1. The second-order valence-electron chi connectivity index (χ2n) is 6.12. The first-order valence-electron chi connectivity index (χ1n) is 8.18. The summed E-state index contributed by atoms with van der Waals surface area (Å²) in [6.45, 7) is 0.208. The number of nitrogens with zero attached hydrogens (tertiary/aromatic N) is 4. The summed E-state index contributed by atoms with van der Waals surface area (Å²) in [5, 5.41) is 29.4. The molecule has 0 radical (unpaired) electrons. The monoisotopic (exact) mass is 501 g/mol. The van der Waals surface area contributed by atoms with E-state index in [-0.39, 0.29) is 24.1 Å². The van der Waals surface area contributed by atoms with E-state index >= 15 is 0 Å². The lowest BCUT2D eigenvalue weighted by Gasteiger charge is -2.16. The van der Waals surface area contributed by atoms with Gasteiger partial charge in [-0.15, -0.1) is 0 Å². The summed E-state index contributed by atoms with van der Waals surface area (Å²) in [5.41, 5.74) is 7.20. The standard InChI is InChI=1S/C16H16IN5O6/c17-28-8-3-1-7(2-4-8)5-26-13-9-12(20-16(18)21-13)22(6-19-9)14-10(23)11(24)15(25)27-14/h1-4,6,10-11,14-15,23-25H,5H2,(H2,18,20,21)/t10-,11?,14+,15-/m0/s1. The summed E-state index contributed by atoms with van der Waals surface area (Å²) in [6, 6.07) is 7.30. The van der Waals surface area contributed by atoms with Gasteiger partial charge in [-0.1, -0.05) is 12.1 Å². The predicted molar refractivity (Wildman–Crippen MR) is 103 cm³/mol. The van der Waals surface area contributed by atoms with Crippen molar-refractivity contribution in [1.29, 1.82) is 0 Å². The van der Waals surface area contributed by atoms with Crippen molar-refractivity contribution in [1.82, 2.24) is 19.5 Å². The topological polar surface area (TPSA) is 158 Å². The first kappa shape index (κ1) is 19.1. The Morgan fingerprint density at radius 1 is 1.14 bits per heavy atom. The summed E-state index contributed by atoms with van der Waals surface area (Å²) >= 11 is 1.80. The average Bonchev–Trinajstić information content (AvgIpc) is 3.22. The second-order valence-corrected chi connectivity index (χ2v) is 6.56. The normalized spacial score (nSPS) is 24.6. The molecule has 5 N–H and O–H groups in total. The first-order chi connectivity index (χ1) is 13.5. The zero-order valence-electron chi connectivity index (χ0n) is 14.2. The Morgan fingerprint density at radius 3 is 2.54 bits per heavy atom. The number of halogens is 1. The van der Waals surface area contributed by atoms with Crippen molar-refractivity contribution < 1.29 is 27.9 Å². The molecule has 1 aromatic carbocycles. The number of aliphatic hydroxyl groups is 3. The van der Waals surface area contributed by atoms with Gasteiger partial charge in [-0.25, -0.2) is 4.98 Å². The van der Waals surface area contributed by atoms with Gasteiger partial charge < -0.3 is 33.6 Å². The molecule has 0 spiro atoms. The number of anilines is 1. The maximum Gasteiger partial charge on any atom is 0.247 e. The minimum absolute atomic E-state index is 0.0634. The SMILES string of the molecule is Nc1nc(OCc2ccc(OI)cc2)c2ncn([C@@H]3O[C@H](O)C(O)[C@@H]3O)c2n1. The van der Waals surface area contributed by atoms with Gasteiger partial charge in [-0.2, -0.15) is 9.97 Å². The molecule has 0 aliphatic carbocycles. The number of imidazole rings is 1. The van der Waals surface area contributed by atoms with E-state index in [1.54, 1.807) is 35.1 Å². The van der Waals surface area contributed by atoms with Crippen molar-refractivity contribution >= 4 is 40.1 Å². The molecule has 3 heterocycles. The summed E-state index contributed by atoms with van der Waals surface area (Å²) in [4.78, 5) is 12.4. The van der Waals surface area contributed by atoms with Gasteiger partial charge >= 0.3 is 0 Å². The number of nitrogens with two attached hydrogens (primary N) is 1. The molecule has 1 aliphatic rings. The maximum absolute atomic E-state index is 10.1. The number of benzene rings is 1. The molecule has 1 aliphatic heterocycles. The van der Waals surface area contributed by atoms with Gasteiger partial charge in [-0.05, 0) is 17.7 Å². The van der Waals surface area contributed by atoms with Crippen LogP contribution in [0, 0.1) is 0 Å². The van der Waals surface area contributed by atoms with Gasteiger partial charge in [0.1, 0.15) is 24.6 Å². The molecule has 1 fully saturated rings. The highest BCUT2D eigenvalue weighted by Crippen LogP contribution is 2.32. The lowest BCUT2D eigenvalue weighted by molar-refractivity contribution is -0.141. The summed E-state index contributed by atoms with van der Waals surface area (Å²) < 4.78 is 17.4. The highest BCUT2D eigenvalue weighted by atomic mass is 127. The molecule has 11 nitrogen and oxygen atoms in total. The summed E-state index contributed by atoms with van der Waals surface area (Å²) in [7, 11) is 0. The highest BCUT2D eigenvalue weighted by Gasteiger charge is 2.43. The van der Waals surface area contributed by atoms with Crippen LogP contribution in [0.25, 0.3) is 11.2 Å². The highest BCUT2D eigenvalue weighted by molar-refractivity contribution is 14.1. The molecule has 4 atom stereocenters. The van der Waals surface area contributed by atoms with Crippen LogP contribution in [0.2, 0.25) is 0 Å². The lowest BCUT2D eigenvalue weighted by Crippen LogP contribution is -2.31. The van der Waals surface area contributed by atoms with E-state index in [0.29, 0.717) is 5.52 Å². The van der Waals surface area contributed by atoms with Crippen LogP contribution < -0.4 is 13.5 Å². The number of ether oxygens (including phenoxy) is 2. The third-order valence-corrected chi connectivity index (χ3v) is 4.79. The number of fused-ring (bicyclic) bond motifs is 1. The van der Waals surface area contributed by atoms with Gasteiger partial charge in [0, 0.05) is 0 Å². The number of aromatic nitrogens is 4. The fraction of sp³-hybridized carbons (Fsp3) is 0.312. The molecule has 28 heavy (non-hydrogen) atoms. The van der Waals surface area contributed by atoms with Gasteiger partial charge in [0.25, 0.3) is 0 Å². The van der Waals surface area contributed by atoms with Crippen molar-refractivity contribution in [2.75, 3.05) is 5.73 Å². The Morgan fingerprint density at radius 2 is 1.89 bits per heavy atom. The lowest BCUT2D eigenvalue weighted by atomic mass is 10.2. The van der Waals surface area contributed by atoms with Gasteiger partial charge in [-0.3, -0.25) is 4.57 Å². The van der Waals surface area contributed by atoms with Crippen LogP contribution in [0.3, 0.4) is 0 Å². The second kappa shape index (κ2) is 7.63. The van der Waals surface area contributed by atoms with Crippen LogP contribution in [-0.4, -0.2) is 53.3 Å². The van der Waals surface area contributed by atoms with E-state index in [9.17, 15) is 15.3 Å². The molecule has 148 valence electrons. The van der Waals surface area contributed by atoms with E-state index in [4.69, 9.17) is 18.3 Å². The fourth-order valence-corrected chi connectivity index (χ4v) is 3.15. The number of hydrogen-bond donors (Lipinski definition) is 4. The molecule has 12 heteroatoms. The van der Waals surface area contributed by atoms with Gasteiger partial charge in [0.2, 0.25) is 11.8 Å². The van der Waals surface area contributed by atoms with Crippen molar-refractivity contribution in [3.05, 3.63) is 36.2 Å². The molecule has 1 saturated heterocycles. The van der Waals surface area contributed by atoms with Crippen molar-refractivity contribution in [2.24, 2.45) is 0 Å². The molecule has 2 aromatic heterocycles. The Labute approximate surface area is 172 Å².